The lowest BCUT2D eigenvalue weighted by molar-refractivity contribution is -0.130. The summed E-state index contributed by atoms with van der Waals surface area (Å²) < 4.78 is 4.84. The molecule has 0 amide bonds. The van der Waals surface area contributed by atoms with E-state index in [1.165, 1.54) is 38.4 Å². The summed E-state index contributed by atoms with van der Waals surface area (Å²) in [5.74, 6) is 1.42. The van der Waals surface area contributed by atoms with E-state index in [-0.39, 0.29) is 5.97 Å². The predicted octanol–water partition coefficient (Wildman–Crippen LogP) is 1.54. The highest BCUT2D eigenvalue weighted by molar-refractivity contribution is 7.95. The van der Waals surface area contributed by atoms with E-state index in [0.29, 0.717) is 5.92 Å². The van der Waals surface area contributed by atoms with Gasteiger partial charge in [-0.25, -0.2) is 0 Å². The Labute approximate surface area is 84.0 Å². The minimum absolute atomic E-state index is 0.200. The Kier molecular flexibility index (Phi) is 4.59. The third kappa shape index (κ3) is 4.52. The summed E-state index contributed by atoms with van der Waals surface area (Å²) in [5, 5.41) is 0. The average Bonchev–Trinajstić information content (AvgIpc) is 2.03. The first-order valence-corrected chi connectivity index (χ1v) is 5.58. The molecule has 1 rings (SSSR count). The molecule has 1 atom stereocenters. The minimum Gasteiger partial charge on any atom is -0.392 e. The van der Waals surface area contributed by atoms with Gasteiger partial charge in [0.25, 0.3) is 0 Å². The number of nitrogens with zero attached hydrogens (tertiary/aromatic N) is 1. The van der Waals surface area contributed by atoms with Crippen LogP contribution in [0.2, 0.25) is 0 Å². The van der Waals surface area contributed by atoms with Crippen molar-refractivity contribution in [2.45, 2.75) is 19.8 Å². The number of likely N-dealkylation sites (tertiary alicyclic amines) is 1. The predicted molar refractivity (Wildman–Crippen MR) is 54.4 cm³/mol. The molecule has 0 radical (unpaired) electrons. The van der Waals surface area contributed by atoms with Crippen molar-refractivity contribution in [3.05, 3.63) is 0 Å². The Balaban J connectivity index is 2.10. The number of hydrogen-bond donors (Lipinski definition) is 0. The van der Waals surface area contributed by atoms with Crippen LogP contribution in [-0.4, -0.2) is 36.8 Å². The monoisotopic (exact) mass is 203 g/mol. The Morgan fingerprint density at radius 2 is 2.46 bits per heavy atom. The van der Waals surface area contributed by atoms with Crippen LogP contribution in [-0.2, 0) is 8.98 Å². The largest absolute Gasteiger partial charge is 0.392 e. The zero-order valence-corrected chi connectivity index (χ0v) is 9.10. The van der Waals surface area contributed by atoms with Crippen LogP contribution in [0.5, 0.6) is 0 Å². The van der Waals surface area contributed by atoms with E-state index in [1.54, 1.807) is 0 Å². The van der Waals surface area contributed by atoms with Gasteiger partial charge in [0, 0.05) is 19.2 Å². The van der Waals surface area contributed by atoms with Crippen LogP contribution >= 0.6 is 12.0 Å². The van der Waals surface area contributed by atoms with Gasteiger partial charge in [-0.05, 0) is 32.4 Å². The molecule has 13 heavy (non-hydrogen) atoms. The molecule has 1 aliphatic heterocycles. The highest BCUT2D eigenvalue weighted by Crippen LogP contribution is 2.20. The molecule has 1 fully saturated rings. The maximum absolute atomic E-state index is 10.5. The van der Waals surface area contributed by atoms with Gasteiger partial charge in [0.15, 0.2) is 0 Å². The molecule has 1 aliphatic rings. The molecule has 0 aromatic heterocycles. The van der Waals surface area contributed by atoms with E-state index in [9.17, 15) is 4.79 Å². The van der Waals surface area contributed by atoms with Crippen molar-refractivity contribution in [3.63, 3.8) is 0 Å². The fourth-order valence-electron chi connectivity index (χ4n) is 1.62. The third-order valence-electron chi connectivity index (χ3n) is 2.20. The van der Waals surface area contributed by atoms with Gasteiger partial charge < -0.3 is 9.08 Å². The average molecular weight is 203 g/mol. The molecule has 0 spiro atoms. The summed E-state index contributed by atoms with van der Waals surface area (Å²) in [6.07, 6.45) is 2.53. The van der Waals surface area contributed by atoms with Gasteiger partial charge in [-0.2, -0.15) is 0 Å². The summed E-state index contributed by atoms with van der Waals surface area (Å²) in [6.45, 7) is 3.78. The molecule has 0 saturated carbocycles. The molecule has 1 heterocycles. The summed E-state index contributed by atoms with van der Waals surface area (Å²) in [5.41, 5.74) is 0. The van der Waals surface area contributed by atoms with Gasteiger partial charge >= 0.3 is 5.97 Å². The molecule has 1 unspecified atom stereocenters. The van der Waals surface area contributed by atoms with E-state index in [1.807, 2.05) is 0 Å². The van der Waals surface area contributed by atoms with Gasteiger partial charge in [-0.3, -0.25) is 4.79 Å². The van der Waals surface area contributed by atoms with Crippen LogP contribution in [0.25, 0.3) is 0 Å². The second-order valence-electron chi connectivity index (χ2n) is 3.63. The van der Waals surface area contributed by atoms with E-state index in [2.05, 4.69) is 11.9 Å². The summed E-state index contributed by atoms with van der Waals surface area (Å²) in [6, 6.07) is 0. The van der Waals surface area contributed by atoms with Gasteiger partial charge in [-0.1, -0.05) is 0 Å². The van der Waals surface area contributed by atoms with Crippen LogP contribution < -0.4 is 0 Å². The van der Waals surface area contributed by atoms with E-state index < -0.39 is 0 Å². The molecular weight excluding hydrogens is 186 g/mol. The van der Waals surface area contributed by atoms with Crippen molar-refractivity contribution in [2.75, 3.05) is 25.9 Å². The normalized spacial score (nSPS) is 24.3. The third-order valence-corrected chi connectivity index (χ3v) is 3.16. The molecule has 0 aromatic rings. The second kappa shape index (κ2) is 5.50. The van der Waals surface area contributed by atoms with Crippen LogP contribution in [0.4, 0.5) is 0 Å². The molecule has 0 N–H and O–H groups in total. The maximum Gasteiger partial charge on any atom is 0.314 e. The first-order chi connectivity index (χ1) is 6.18. The summed E-state index contributed by atoms with van der Waals surface area (Å²) in [4.78, 5) is 12.8. The van der Waals surface area contributed by atoms with E-state index in [4.69, 9.17) is 4.18 Å². The highest BCUT2D eigenvalue weighted by Gasteiger charge is 2.17. The van der Waals surface area contributed by atoms with Crippen molar-refractivity contribution in [1.82, 2.24) is 4.90 Å². The number of hydrogen-bond acceptors (Lipinski definition) is 4. The smallest absolute Gasteiger partial charge is 0.314 e. The fraction of sp³-hybridized carbons (Fsp3) is 0.889. The van der Waals surface area contributed by atoms with Crippen LogP contribution in [0.15, 0.2) is 0 Å². The SMILES string of the molecule is CC(=O)OSCC1CCCN(C)C1. The molecule has 0 aromatic carbocycles. The lowest BCUT2D eigenvalue weighted by Crippen LogP contribution is -2.33. The van der Waals surface area contributed by atoms with Gasteiger partial charge in [0.2, 0.25) is 0 Å². The van der Waals surface area contributed by atoms with Crippen molar-refractivity contribution < 1.29 is 8.98 Å². The van der Waals surface area contributed by atoms with Crippen molar-refractivity contribution in [1.29, 1.82) is 0 Å². The van der Waals surface area contributed by atoms with Crippen LogP contribution in [0.3, 0.4) is 0 Å². The number of carbonyl (C=O) groups is 1. The van der Waals surface area contributed by atoms with Gasteiger partial charge in [0.05, 0.1) is 12.0 Å². The number of carbonyl (C=O) groups excluding carboxylic acids is 1. The summed E-state index contributed by atoms with van der Waals surface area (Å²) >= 11 is 1.29. The topological polar surface area (TPSA) is 29.5 Å². The second-order valence-corrected chi connectivity index (χ2v) is 4.37. The standard InChI is InChI=1S/C9H17NO2S/c1-8(11)12-13-7-9-4-3-5-10(2)6-9/h9H,3-7H2,1-2H3. The lowest BCUT2D eigenvalue weighted by Gasteiger charge is -2.28. The molecule has 1 saturated heterocycles. The zero-order chi connectivity index (χ0) is 9.68. The fourth-order valence-corrected chi connectivity index (χ4v) is 2.32. The minimum atomic E-state index is -0.200. The lowest BCUT2D eigenvalue weighted by atomic mass is 10.0. The van der Waals surface area contributed by atoms with E-state index in [0.717, 1.165) is 12.3 Å². The molecule has 0 aliphatic carbocycles. The molecule has 3 nitrogen and oxygen atoms in total. The molecular formula is C9H17NO2S. The Hall–Kier alpha value is -0.220. The molecule has 4 heteroatoms. The zero-order valence-electron chi connectivity index (χ0n) is 8.28. The van der Waals surface area contributed by atoms with Crippen molar-refractivity contribution in [3.8, 4) is 0 Å². The first-order valence-electron chi connectivity index (χ1n) is 4.67. The Morgan fingerprint density at radius 1 is 1.69 bits per heavy atom. The van der Waals surface area contributed by atoms with E-state index >= 15 is 0 Å². The van der Waals surface area contributed by atoms with Gasteiger partial charge in [-0.15, -0.1) is 0 Å². The van der Waals surface area contributed by atoms with Crippen LogP contribution in [0.1, 0.15) is 19.8 Å². The van der Waals surface area contributed by atoms with Crippen molar-refractivity contribution >= 4 is 18.0 Å². The molecule has 0 bridgehead atoms. The first kappa shape index (κ1) is 10.9. The summed E-state index contributed by atoms with van der Waals surface area (Å²) in [7, 11) is 2.14. The molecule has 76 valence electrons. The number of piperidine rings is 1. The highest BCUT2D eigenvalue weighted by atomic mass is 32.2. The Bertz CT molecular complexity index is 175. The maximum atomic E-state index is 10.5. The van der Waals surface area contributed by atoms with Gasteiger partial charge in [0.1, 0.15) is 0 Å². The quantitative estimate of drug-likeness (QED) is 0.651. The van der Waals surface area contributed by atoms with Crippen LogP contribution in [0, 0.1) is 5.92 Å². The van der Waals surface area contributed by atoms with Crippen molar-refractivity contribution in [2.24, 2.45) is 5.92 Å². The Morgan fingerprint density at radius 3 is 3.08 bits per heavy atom. The number of rotatable bonds is 3.